The van der Waals surface area contributed by atoms with Crippen molar-refractivity contribution in [2.75, 3.05) is 0 Å². The summed E-state index contributed by atoms with van der Waals surface area (Å²) < 4.78 is 38.2. The lowest BCUT2D eigenvalue weighted by atomic mass is 10.4. The summed E-state index contributed by atoms with van der Waals surface area (Å²) in [5.41, 5.74) is -1.97. The molecular weight excluding hydrogens is 247 g/mol. The van der Waals surface area contributed by atoms with Gasteiger partial charge in [-0.15, -0.1) is 4.68 Å². The van der Waals surface area contributed by atoms with Crippen LogP contribution < -0.4 is 5.69 Å². The lowest BCUT2D eigenvalue weighted by Crippen LogP contribution is -2.19. The third kappa shape index (κ3) is 1.71. The molecule has 0 aliphatic rings. The fourth-order valence-electron chi connectivity index (χ4n) is 1.08. The molecule has 0 aromatic carbocycles. The Morgan fingerprint density at radius 2 is 2.12 bits per heavy atom. The van der Waals surface area contributed by atoms with E-state index in [0.29, 0.717) is 4.68 Å². The Kier molecular flexibility index (Phi) is 2.30. The number of nitrogens with one attached hydrogen (secondary N) is 1. The summed E-state index contributed by atoms with van der Waals surface area (Å²) in [6.07, 6.45) is -4.63. The van der Waals surface area contributed by atoms with E-state index in [1.165, 1.54) is 6.92 Å². The predicted molar refractivity (Wildman–Crippen MR) is 47.4 cm³/mol. The molecule has 0 atom stereocenters. The van der Waals surface area contributed by atoms with E-state index in [4.69, 9.17) is 0 Å². The Morgan fingerprint density at radius 3 is 2.62 bits per heavy atom. The zero-order chi connectivity index (χ0) is 11.9. The van der Waals surface area contributed by atoms with Crippen LogP contribution in [0.25, 0.3) is 5.00 Å². The van der Waals surface area contributed by atoms with Gasteiger partial charge in [-0.05, 0) is 17.4 Å². The first-order chi connectivity index (χ1) is 7.39. The maximum absolute atomic E-state index is 12.6. The Labute approximate surface area is 89.7 Å². The number of H-pyrrole nitrogens is 1. The van der Waals surface area contributed by atoms with Gasteiger partial charge in [-0.3, -0.25) is 0 Å². The fraction of sp³-hybridized carbons (Fsp3) is 0.333. The van der Waals surface area contributed by atoms with Crippen LogP contribution in [0, 0.1) is 6.92 Å². The highest BCUT2D eigenvalue weighted by molar-refractivity contribution is 7.14. The van der Waals surface area contributed by atoms with Crippen LogP contribution in [-0.4, -0.2) is 25.2 Å². The van der Waals surface area contributed by atoms with E-state index in [9.17, 15) is 18.0 Å². The van der Waals surface area contributed by atoms with Gasteiger partial charge < -0.3 is 0 Å². The van der Waals surface area contributed by atoms with Gasteiger partial charge >= 0.3 is 11.9 Å². The summed E-state index contributed by atoms with van der Waals surface area (Å²) in [6, 6.07) is 0. The normalized spacial score (nSPS) is 12.0. The van der Waals surface area contributed by atoms with E-state index < -0.39 is 17.6 Å². The van der Waals surface area contributed by atoms with E-state index in [1.54, 1.807) is 0 Å². The number of aromatic amines is 1. The summed E-state index contributed by atoms with van der Waals surface area (Å²) in [5, 5.41) is 8.08. The van der Waals surface area contributed by atoms with Crippen molar-refractivity contribution in [3.05, 3.63) is 21.2 Å². The minimum absolute atomic E-state index is 0.192. The quantitative estimate of drug-likeness (QED) is 0.811. The summed E-state index contributed by atoms with van der Waals surface area (Å²) in [6.45, 7) is 1.41. The first-order valence-electron chi connectivity index (χ1n) is 3.95. The van der Waals surface area contributed by atoms with E-state index in [2.05, 4.69) is 15.4 Å². The number of rotatable bonds is 1. The van der Waals surface area contributed by atoms with E-state index >= 15 is 0 Å². The maximum Gasteiger partial charge on any atom is 0.436 e. The molecule has 0 bridgehead atoms. The number of halogens is 3. The molecule has 0 aliphatic carbocycles. The number of thiazole rings is 1. The van der Waals surface area contributed by atoms with E-state index in [-0.39, 0.29) is 10.0 Å². The van der Waals surface area contributed by atoms with E-state index in [1.807, 2.05) is 5.10 Å². The van der Waals surface area contributed by atoms with Crippen LogP contribution in [0.1, 0.15) is 10.7 Å². The highest BCUT2D eigenvalue weighted by Crippen LogP contribution is 2.35. The molecule has 0 fully saturated rings. The third-order valence-electron chi connectivity index (χ3n) is 1.65. The van der Waals surface area contributed by atoms with Gasteiger partial charge in [-0.1, -0.05) is 11.3 Å². The SMILES string of the molecule is Cc1nc(C(F)(F)F)c(-n2nn[nH]c2=O)s1. The van der Waals surface area contributed by atoms with Crippen LogP contribution in [-0.2, 0) is 6.18 Å². The topological polar surface area (TPSA) is 76.5 Å². The van der Waals surface area contributed by atoms with Crippen molar-refractivity contribution >= 4 is 11.3 Å². The molecule has 2 aromatic rings. The van der Waals surface area contributed by atoms with E-state index in [0.717, 1.165) is 11.3 Å². The van der Waals surface area contributed by atoms with Crippen LogP contribution in [0.2, 0.25) is 0 Å². The lowest BCUT2D eigenvalue weighted by molar-refractivity contribution is -0.140. The average Bonchev–Trinajstić information content (AvgIpc) is 2.70. The molecule has 6 nitrogen and oxygen atoms in total. The number of aromatic nitrogens is 5. The molecule has 2 aromatic heterocycles. The molecule has 10 heteroatoms. The standard InChI is InChI=1S/C6H4F3N5OS/c1-2-10-3(6(7,8)9)4(16-2)14-5(15)11-12-13-14/h1H3,(H,11,13,15). The zero-order valence-electron chi connectivity index (χ0n) is 7.74. The Bertz CT molecular complexity index is 567. The molecule has 0 saturated heterocycles. The lowest BCUT2D eigenvalue weighted by Gasteiger charge is -2.03. The first kappa shape index (κ1) is 10.8. The van der Waals surface area contributed by atoms with Gasteiger partial charge in [-0.2, -0.15) is 13.2 Å². The highest BCUT2D eigenvalue weighted by Gasteiger charge is 2.38. The largest absolute Gasteiger partial charge is 0.436 e. The molecule has 0 saturated carbocycles. The van der Waals surface area contributed by atoms with Crippen LogP contribution in [0.15, 0.2) is 4.79 Å². The molecule has 0 radical (unpaired) electrons. The first-order valence-corrected chi connectivity index (χ1v) is 4.76. The Balaban J connectivity index is 2.67. The van der Waals surface area contributed by atoms with Gasteiger partial charge in [0.1, 0.15) is 0 Å². The van der Waals surface area contributed by atoms with Crippen molar-refractivity contribution in [1.29, 1.82) is 0 Å². The molecule has 1 N–H and O–H groups in total. The molecule has 0 spiro atoms. The minimum Gasteiger partial charge on any atom is -0.244 e. The van der Waals surface area contributed by atoms with Gasteiger partial charge in [0.05, 0.1) is 5.01 Å². The smallest absolute Gasteiger partial charge is 0.244 e. The second kappa shape index (κ2) is 3.40. The second-order valence-corrected chi connectivity index (χ2v) is 3.98. The number of hydrogen-bond acceptors (Lipinski definition) is 5. The number of tetrazole rings is 1. The Morgan fingerprint density at radius 1 is 1.44 bits per heavy atom. The van der Waals surface area contributed by atoms with Crippen molar-refractivity contribution in [2.45, 2.75) is 13.1 Å². The molecule has 0 amide bonds. The van der Waals surface area contributed by atoms with Crippen molar-refractivity contribution in [2.24, 2.45) is 0 Å². The van der Waals surface area contributed by atoms with Crippen molar-refractivity contribution in [3.8, 4) is 5.00 Å². The number of nitrogens with zero attached hydrogens (tertiary/aromatic N) is 4. The summed E-state index contributed by atoms with van der Waals surface area (Å²) in [4.78, 5) is 14.4. The summed E-state index contributed by atoms with van der Waals surface area (Å²) >= 11 is 0.722. The van der Waals surface area contributed by atoms with Gasteiger partial charge in [0.15, 0.2) is 10.7 Å². The van der Waals surface area contributed by atoms with Crippen molar-refractivity contribution < 1.29 is 13.2 Å². The number of hydrogen-bond donors (Lipinski definition) is 1. The number of alkyl halides is 3. The van der Waals surface area contributed by atoms with Crippen LogP contribution in [0.5, 0.6) is 0 Å². The van der Waals surface area contributed by atoms with Gasteiger partial charge in [0, 0.05) is 0 Å². The molecule has 2 rings (SSSR count). The molecule has 86 valence electrons. The van der Waals surface area contributed by atoms with Gasteiger partial charge in [-0.25, -0.2) is 14.9 Å². The molecule has 2 heterocycles. The van der Waals surface area contributed by atoms with Crippen LogP contribution in [0.4, 0.5) is 13.2 Å². The molecule has 0 aliphatic heterocycles. The molecule has 0 unspecified atom stereocenters. The second-order valence-electron chi connectivity index (χ2n) is 2.80. The highest BCUT2D eigenvalue weighted by atomic mass is 32.1. The Hall–Kier alpha value is -1.71. The minimum atomic E-state index is -4.63. The van der Waals surface area contributed by atoms with Crippen LogP contribution in [0.3, 0.4) is 0 Å². The van der Waals surface area contributed by atoms with Crippen molar-refractivity contribution in [3.63, 3.8) is 0 Å². The maximum atomic E-state index is 12.6. The van der Waals surface area contributed by atoms with Crippen LogP contribution >= 0.6 is 11.3 Å². The summed E-state index contributed by atoms with van der Waals surface area (Å²) in [7, 11) is 0. The van der Waals surface area contributed by atoms with Crippen molar-refractivity contribution in [1.82, 2.24) is 25.2 Å². The molecule has 16 heavy (non-hydrogen) atoms. The monoisotopic (exact) mass is 251 g/mol. The zero-order valence-corrected chi connectivity index (χ0v) is 8.56. The van der Waals surface area contributed by atoms with Gasteiger partial charge in [0.2, 0.25) is 0 Å². The van der Waals surface area contributed by atoms with Gasteiger partial charge in [0.25, 0.3) is 0 Å². The number of aryl methyl sites for hydroxylation is 1. The summed E-state index contributed by atoms with van der Waals surface area (Å²) in [5.74, 6) is 0. The fourth-order valence-corrected chi connectivity index (χ4v) is 1.96. The molecular formula is C6H4F3N5OS. The third-order valence-corrected chi connectivity index (χ3v) is 2.60. The average molecular weight is 251 g/mol. The predicted octanol–water partition coefficient (Wildman–Crippen LogP) is 0.739.